The van der Waals surface area contributed by atoms with E-state index in [1.165, 1.54) is 11.1 Å². The molecule has 0 bridgehead atoms. The van der Waals surface area contributed by atoms with Gasteiger partial charge in [-0.25, -0.2) is 0 Å². The van der Waals surface area contributed by atoms with Crippen molar-refractivity contribution in [2.45, 2.75) is 25.3 Å². The topological polar surface area (TPSA) is 26.0 Å². The van der Waals surface area contributed by atoms with Gasteiger partial charge in [-0.15, -0.1) is 0 Å². The van der Waals surface area contributed by atoms with Crippen molar-refractivity contribution in [1.29, 1.82) is 0 Å². The molecule has 1 aliphatic rings. The molecule has 0 spiro atoms. The molecule has 0 fully saturated rings. The fraction of sp³-hybridized carbons (Fsp3) is 0.400. The lowest BCUT2D eigenvalue weighted by atomic mass is 9.89. The van der Waals surface area contributed by atoms with Crippen LogP contribution in [0.5, 0.6) is 0 Å². The summed E-state index contributed by atoms with van der Waals surface area (Å²) in [5.74, 6) is 0. The molecule has 0 aromatic heterocycles. The van der Waals surface area contributed by atoms with Crippen LogP contribution in [-0.4, -0.2) is 6.04 Å². The zero-order valence-electron chi connectivity index (χ0n) is 6.89. The van der Waals surface area contributed by atoms with Crippen LogP contribution in [0.2, 0.25) is 5.02 Å². The Morgan fingerprint density at radius 3 is 3.08 bits per heavy atom. The van der Waals surface area contributed by atoms with Crippen molar-refractivity contribution < 1.29 is 0 Å². The monoisotopic (exact) mass is 181 g/mol. The van der Waals surface area contributed by atoms with E-state index in [2.05, 4.69) is 6.07 Å². The van der Waals surface area contributed by atoms with E-state index >= 15 is 0 Å². The van der Waals surface area contributed by atoms with Crippen LogP contribution in [0, 0.1) is 0 Å². The molecule has 0 aliphatic heterocycles. The van der Waals surface area contributed by atoms with E-state index in [0.717, 1.165) is 24.3 Å². The van der Waals surface area contributed by atoms with Crippen LogP contribution < -0.4 is 5.73 Å². The molecule has 0 saturated carbocycles. The lowest BCUT2D eigenvalue weighted by molar-refractivity contribution is 0.576. The summed E-state index contributed by atoms with van der Waals surface area (Å²) in [7, 11) is 0. The molecule has 1 nitrogen and oxygen atoms in total. The van der Waals surface area contributed by atoms with Gasteiger partial charge in [-0.1, -0.05) is 23.7 Å². The first-order valence-corrected chi connectivity index (χ1v) is 4.67. The van der Waals surface area contributed by atoms with E-state index < -0.39 is 0 Å². The standard InChI is InChI=1S/C10H12ClN/c11-10-3-1-2-7-6-8(12)4-5-9(7)10/h1-3,8H,4-6,12H2/t8-/m0/s1. The van der Waals surface area contributed by atoms with E-state index in [-0.39, 0.29) is 0 Å². The quantitative estimate of drug-likeness (QED) is 0.652. The average Bonchev–Trinajstić information content (AvgIpc) is 2.04. The van der Waals surface area contributed by atoms with Gasteiger partial charge in [0, 0.05) is 11.1 Å². The Kier molecular flexibility index (Phi) is 2.07. The maximum atomic E-state index is 6.05. The van der Waals surface area contributed by atoms with E-state index in [1.807, 2.05) is 12.1 Å². The van der Waals surface area contributed by atoms with Gasteiger partial charge in [-0.2, -0.15) is 0 Å². The van der Waals surface area contributed by atoms with Crippen molar-refractivity contribution in [1.82, 2.24) is 0 Å². The third-order valence-electron chi connectivity index (χ3n) is 2.46. The Hall–Kier alpha value is -0.530. The highest BCUT2D eigenvalue weighted by atomic mass is 35.5. The number of benzene rings is 1. The van der Waals surface area contributed by atoms with E-state index in [0.29, 0.717) is 6.04 Å². The summed E-state index contributed by atoms with van der Waals surface area (Å²) in [6.07, 6.45) is 3.09. The smallest absolute Gasteiger partial charge is 0.0440 e. The predicted octanol–water partition coefficient (Wildman–Crippen LogP) is 2.16. The summed E-state index contributed by atoms with van der Waals surface area (Å²) >= 11 is 6.05. The van der Waals surface area contributed by atoms with Crippen LogP contribution in [0.1, 0.15) is 17.5 Å². The molecule has 0 radical (unpaired) electrons. The number of hydrogen-bond acceptors (Lipinski definition) is 1. The van der Waals surface area contributed by atoms with Crippen LogP contribution in [0.25, 0.3) is 0 Å². The van der Waals surface area contributed by atoms with E-state index in [9.17, 15) is 0 Å². The van der Waals surface area contributed by atoms with Gasteiger partial charge in [0.15, 0.2) is 0 Å². The van der Waals surface area contributed by atoms with Crippen molar-refractivity contribution in [3.63, 3.8) is 0 Å². The summed E-state index contributed by atoms with van der Waals surface area (Å²) in [4.78, 5) is 0. The molecule has 0 heterocycles. The molecular weight excluding hydrogens is 170 g/mol. The number of nitrogens with two attached hydrogens (primary N) is 1. The molecule has 1 aromatic rings. The molecule has 64 valence electrons. The van der Waals surface area contributed by atoms with Gasteiger partial charge >= 0.3 is 0 Å². The Bertz CT molecular complexity index is 296. The molecule has 1 atom stereocenters. The molecule has 1 aliphatic carbocycles. The van der Waals surface area contributed by atoms with Gasteiger partial charge in [0.2, 0.25) is 0 Å². The van der Waals surface area contributed by atoms with Crippen molar-refractivity contribution in [2.75, 3.05) is 0 Å². The second-order valence-corrected chi connectivity index (χ2v) is 3.79. The maximum absolute atomic E-state index is 6.05. The summed E-state index contributed by atoms with van der Waals surface area (Å²) < 4.78 is 0. The van der Waals surface area contributed by atoms with Gasteiger partial charge in [0.1, 0.15) is 0 Å². The van der Waals surface area contributed by atoms with Crippen LogP contribution >= 0.6 is 11.6 Å². The Labute approximate surface area is 77.5 Å². The first-order chi connectivity index (χ1) is 5.77. The molecule has 0 saturated heterocycles. The Morgan fingerprint density at radius 1 is 1.42 bits per heavy atom. The molecule has 2 rings (SSSR count). The van der Waals surface area contributed by atoms with Crippen molar-refractivity contribution in [3.05, 3.63) is 34.3 Å². The molecular formula is C10H12ClN. The van der Waals surface area contributed by atoms with Crippen molar-refractivity contribution >= 4 is 11.6 Å². The van der Waals surface area contributed by atoms with Crippen molar-refractivity contribution in [2.24, 2.45) is 5.73 Å². The molecule has 2 heteroatoms. The Balaban J connectivity index is 2.42. The average molecular weight is 182 g/mol. The number of hydrogen-bond donors (Lipinski definition) is 1. The minimum absolute atomic E-state index is 0.330. The van der Waals surface area contributed by atoms with Gasteiger partial charge in [-0.3, -0.25) is 0 Å². The summed E-state index contributed by atoms with van der Waals surface area (Å²) in [6.45, 7) is 0. The number of fused-ring (bicyclic) bond motifs is 1. The first-order valence-electron chi connectivity index (χ1n) is 4.29. The predicted molar refractivity (Wildman–Crippen MR) is 51.5 cm³/mol. The zero-order chi connectivity index (χ0) is 8.55. The third kappa shape index (κ3) is 1.35. The fourth-order valence-corrected chi connectivity index (χ4v) is 2.08. The van der Waals surface area contributed by atoms with Crippen molar-refractivity contribution in [3.8, 4) is 0 Å². The normalized spacial score (nSPS) is 22.0. The summed E-state index contributed by atoms with van der Waals surface area (Å²) in [5, 5.41) is 0.902. The van der Waals surface area contributed by atoms with E-state index in [4.69, 9.17) is 17.3 Å². The summed E-state index contributed by atoms with van der Waals surface area (Å²) in [6, 6.07) is 6.41. The minimum atomic E-state index is 0.330. The summed E-state index contributed by atoms with van der Waals surface area (Å²) in [5.41, 5.74) is 8.50. The molecule has 0 amide bonds. The molecule has 1 aromatic carbocycles. The van der Waals surface area contributed by atoms with Crippen LogP contribution in [-0.2, 0) is 12.8 Å². The molecule has 2 N–H and O–H groups in total. The maximum Gasteiger partial charge on any atom is 0.0440 e. The molecule has 0 unspecified atom stereocenters. The lowest BCUT2D eigenvalue weighted by Gasteiger charge is -2.21. The fourth-order valence-electron chi connectivity index (χ4n) is 1.79. The number of halogens is 1. The van der Waals surface area contributed by atoms with Gasteiger partial charge < -0.3 is 5.73 Å². The molecule has 12 heavy (non-hydrogen) atoms. The second kappa shape index (κ2) is 3.08. The second-order valence-electron chi connectivity index (χ2n) is 3.38. The van der Waals surface area contributed by atoms with Gasteiger partial charge in [0.05, 0.1) is 0 Å². The Morgan fingerprint density at radius 2 is 2.25 bits per heavy atom. The van der Waals surface area contributed by atoms with Gasteiger partial charge in [-0.05, 0) is 36.5 Å². The number of rotatable bonds is 0. The highest BCUT2D eigenvalue weighted by Crippen LogP contribution is 2.26. The third-order valence-corrected chi connectivity index (χ3v) is 2.82. The van der Waals surface area contributed by atoms with E-state index in [1.54, 1.807) is 0 Å². The lowest BCUT2D eigenvalue weighted by Crippen LogP contribution is -2.27. The largest absolute Gasteiger partial charge is 0.327 e. The zero-order valence-corrected chi connectivity index (χ0v) is 7.64. The first kappa shape index (κ1) is 8.09. The van der Waals surface area contributed by atoms with Crippen LogP contribution in [0.3, 0.4) is 0 Å². The van der Waals surface area contributed by atoms with Crippen LogP contribution in [0.15, 0.2) is 18.2 Å². The highest BCUT2D eigenvalue weighted by Gasteiger charge is 2.16. The SMILES string of the molecule is N[C@H]1CCc2c(Cl)cccc2C1. The highest BCUT2D eigenvalue weighted by molar-refractivity contribution is 6.31. The van der Waals surface area contributed by atoms with Gasteiger partial charge in [0.25, 0.3) is 0 Å². The van der Waals surface area contributed by atoms with Crippen LogP contribution in [0.4, 0.5) is 0 Å². The minimum Gasteiger partial charge on any atom is -0.327 e.